The lowest BCUT2D eigenvalue weighted by molar-refractivity contribution is -0.351. The van der Waals surface area contributed by atoms with Gasteiger partial charge in [-0.25, -0.2) is 0 Å². The van der Waals surface area contributed by atoms with Crippen LogP contribution in [0.25, 0.3) is 0 Å². The summed E-state index contributed by atoms with van der Waals surface area (Å²) in [4.78, 5) is 0. The Hall–Kier alpha value is -0.160. The van der Waals surface area contributed by atoms with Gasteiger partial charge in [0.1, 0.15) is 0 Å². The Balaban J connectivity index is 2.33. The highest BCUT2D eigenvalue weighted by molar-refractivity contribution is 5.04. The van der Waals surface area contributed by atoms with Crippen LogP contribution in [0.4, 0.5) is 0 Å². The minimum absolute atomic E-state index is 0.130. The highest BCUT2D eigenvalue weighted by Gasteiger charge is 2.59. The van der Waals surface area contributed by atoms with Crippen LogP contribution in [0.2, 0.25) is 0 Å². The van der Waals surface area contributed by atoms with E-state index in [2.05, 4.69) is 13.8 Å². The normalized spacial score (nSPS) is 39.3. The number of rotatable bonds is 2. The Kier molecular flexibility index (Phi) is 3.52. The first-order valence-corrected chi connectivity index (χ1v) is 7.08. The zero-order valence-electron chi connectivity index (χ0n) is 12.3. The van der Waals surface area contributed by atoms with Crippen LogP contribution in [-0.4, -0.2) is 34.6 Å². The maximum absolute atomic E-state index is 12.7. The molecule has 105 valence electrons. The van der Waals surface area contributed by atoms with Crippen LogP contribution in [0.3, 0.4) is 0 Å². The molecule has 2 fully saturated rings. The Bertz CT molecular complexity index is 314. The van der Waals surface area contributed by atoms with Gasteiger partial charge in [-0.3, -0.25) is 0 Å². The molecule has 2 saturated heterocycles. The lowest BCUT2D eigenvalue weighted by Gasteiger charge is -2.55. The summed E-state index contributed by atoms with van der Waals surface area (Å²) in [6.07, 6.45) is 3.13. The molecule has 4 heteroatoms. The van der Waals surface area contributed by atoms with E-state index in [1.165, 1.54) is 5.06 Å². The van der Waals surface area contributed by atoms with Gasteiger partial charge >= 0.3 is 0 Å². The Morgan fingerprint density at radius 3 is 2.28 bits per heavy atom. The molecule has 2 aliphatic heterocycles. The van der Waals surface area contributed by atoms with Crippen molar-refractivity contribution in [3.8, 4) is 0 Å². The van der Waals surface area contributed by atoms with Crippen molar-refractivity contribution in [1.29, 1.82) is 0 Å². The highest BCUT2D eigenvalue weighted by Crippen LogP contribution is 2.50. The lowest BCUT2D eigenvalue weighted by atomic mass is 9.73. The van der Waals surface area contributed by atoms with Gasteiger partial charge in [0.15, 0.2) is 5.79 Å². The van der Waals surface area contributed by atoms with Crippen LogP contribution in [0.15, 0.2) is 0 Å². The quantitative estimate of drug-likeness (QED) is 0.763. The van der Waals surface area contributed by atoms with Crippen LogP contribution in [0, 0.1) is 0 Å². The van der Waals surface area contributed by atoms with Crippen molar-refractivity contribution in [2.75, 3.05) is 6.61 Å². The molecule has 0 N–H and O–H groups in total. The van der Waals surface area contributed by atoms with Gasteiger partial charge in [0.2, 0.25) is 0 Å². The first kappa shape index (κ1) is 14.3. The van der Waals surface area contributed by atoms with Crippen LogP contribution in [0.5, 0.6) is 0 Å². The molecule has 1 radical (unpaired) electrons. The number of hydrogen-bond donors (Lipinski definition) is 0. The second-order valence-corrected chi connectivity index (χ2v) is 6.54. The maximum Gasteiger partial charge on any atom is 0.172 e. The maximum atomic E-state index is 12.7. The Morgan fingerprint density at radius 2 is 1.83 bits per heavy atom. The SMILES string of the molecule is CCC1(CC)CC2(CC(C)(C)N1[O])OCC(C)O2. The highest BCUT2D eigenvalue weighted by atomic mass is 16.7. The minimum Gasteiger partial charge on any atom is -0.347 e. The molecule has 0 aliphatic carbocycles. The number of piperidine rings is 1. The van der Waals surface area contributed by atoms with Crippen LogP contribution < -0.4 is 0 Å². The molecule has 2 aliphatic rings. The van der Waals surface area contributed by atoms with E-state index in [0.29, 0.717) is 19.4 Å². The fourth-order valence-electron chi connectivity index (χ4n) is 3.69. The third-order valence-corrected chi connectivity index (χ3v) is 4.59. The molecule has 0 amide bonds. The van der Waals surface area contributed by atoms with Crippen molar-refractivity contribution in [3.05, 3.63) is 0 Å². The van der Waals surface area contributed by atoms with Crippen molar-refractivity contribution in [3.63, 3.8) is 0 Å². The smallest absolute Gasteiger partial charge is 0.172 e. The van der Waals surface area contributed by atoms with E-state index in [9.17, 15) is 5.21 Å². The van der Waals surface area contributed by atoms with Gasteiger partial charge in [0.05, 0.1) is 18.2 Å². The third-order valence-electron chi connectivity index (χ3n) is 4.59. The topological polar surface area (TPSA) is 41.6 Å². The molecule has 0 saturated carbocycles. The van der Waals surface area contributed by atoms with E-state index in [1.807, 2.05) is 20.8 Å². The van der Waals surface area contributed by atoms with Gasteiger partial charge in [-0.1, -0.05) is 13.8 Å². The zero-order chi connectivity index (χ0) is 13.6. The molecule has 0 aromatic rings. The first-order chi connectivity index (χ1) is 8.29. The predicted molar refractivity (Wildman–Crippen MR) is 68.4 cm³/mol. The largest absolute Gasteiger partial charge is 0.347 e. The summed E-state index contributed by atoms with van der Waals surface area (Å²) < 4.78 is 12.0. The average molecular weight is 256 g/mol. The van der Waals surface area contributed by atoms with Crippen molar-refractivity contribution in [2.24, 2.45) is 0 Å². The fraction of sp³-hybridized carbons (Fsp3) is 1.00. The van der Waals surface area contributed by atoms with Gasteiger partial charge < -0.3 is 9.47 Å². The second-order valence-electron chi connectivity index (χ2n) is 6.54. The molecule has 0 bridgehead atoms. The summed E-state index contributed by atoms with van der Waals surface area (Å²) in [6.45, 7) is 10.8. The molecule has 0 aromatic heterocycles. The fourth-order valence-corrected chi connectivity index (χ4v) is 3.69. The minimum atomic E-state index is -0.546. The molecule has 2 heterocycles. The van der Waals surface area contributed by atoms with E-state index >= 15 is 0 Å². The van der Waals surface area contributed by atoms with Crippen molar-refractivity contribution < 1.29 is 14.7 Å². The number of nitrogens with zero attached hydrogens (tertiary/aromatic N) is 1. The van der Waals surface area contributed by atoms with E-state index < -0.39 is 11.3 Å². The molecular weight excluding hydrogens is 230 g/mol. The number of ether oxygens (including phenoxy) is 2. The van der Waals surface area contributed by atoms with E-state index in [-0.39, 0.29) is 11.6 Å². The summed E-state index contributed by atoms with van der Waals surface area (Å²) in [5.41, 5.74) is -0.792. The Morgan fingerprint density at radius 1 is 1.22 bits per heavy atom. The summed E-state index contributed by atoms with van der Waals surface area (Å²) in [6, 6.07) is 0. The van der Waals surface area contributed by atoms with Crippen molar-refractivity contribution in [1.82, 2.24) is 5.06 Å². The summed E-state index contributed by atoms with van der Waals surface area (Å²) in [5, 5.41) is 14.0. The van der Waals surface area contributed by atoms with Crippen LogP contribution in [0.1, 0.15) is 60.3 Å². The van der Waals surface area contributed by atoms with E-state index in [1.54, 1.807) is 0 Å². The van der Waals surface area contributed by atoms with E-state index in [0.717, 1.165) is 12.8 Å². The van der Waals surface area contributed by atoms with E-state index in [4.69, 9.17) is 9.47 Å². The molecule has 1 spiro atoms. The molecule has 0 aromatic carbocycles. The summed E-state index contributed by atoms with van der Waals surface area (Å²) in [5.74, 6) is -0.546. The Labute approximate surface area is 110 Å². The third kappa shape index (κ3) is 2.09. The monoisotopic (exact) mass is 256 g/mol. The second kappa shape index (κ2) is 4.44. The van der Waals surface area contributed by atoms with Gasteiger partial charge in [-0.05, 0) is 33.6 Å². The lowest BCUT2D eigenvalue weighted by Crippen LogP contribution is -2.65. The summed E-state index contributed by atoms with van der Waals surface area (Å²) >= 11 is 0. The van der Waals surface area contributed by atoms with Gasteiger partial charge in [0, 0.05) is 18.4 Å². The first-order valence-electron chi connectivity index (χ1n) is 7.08. The predicted octanol–water partition coefficient (Wildman–Crippen LogP) is 2.90. The van der Waals surface area contributed by atoms with Gasteiger partial charge in [-0.2, -0.15) is 0 Å². The number of hydrogen-bond acceptors (Lipinski definition) is 3. The van der Waals surface area contributed by atoms with Gasteiger partial charge in [-0.15, -0.1) is 10.3 Å². The van der Waals surface area contributed by atoms with Gasteiger partial charge in [0.25, 0.3) is 0 Å². The standard InChI is InChI=1S/C14H26NO3/c1-6-13(7-2)10-14(17-8-11(3)18-14)9-12(4,5)15(13)16/h11H,6-10H2,1-5H3. The molecular formula is C14H26NO3. The number of hydroxylamine groups is 2. The molecule has 2 rings (SSSR count). The van der Waals surface area contributed by atoms with Crippen LogP contribution >= 0.6 is 0 Å². The van der Waals surface area contributed by atoms with Crippen molar-refractivity contribution in [2.45, 2.75) is 83.3 Å². The van der Waals surface area contributed by atoms with Crippen LogP contribution in [-0.2, 0) is 14.7 Å². The zero-order valence-corrected chi connectivity index (χ0v) is 12.3. The molecule has 4 nitrogen and oxygen atoms in total. The molecule has 2 unspecified atom stereocenters. The van der Waals surface area contributed by atoms with Crippen molar-refractivity contribution >= 4 is 0 Å². The molecule has 18 heavy (non-hydrogen) atoms. The summed E-state index contributed by atoms with van der Waals surface area (Å²) in [7, 11) is 0. The molecule has 2 atom stereocenters. The average Bonchev–Trinajstić information content (AvgIpc) is 2.65.